The Morgan fingerprint density at radius 3 is 2.56 bits per heavy atom. The van der Waals surface area contributed by atoms with Gasteiger partial charge in [-0.1, -0.05) is 23.2 Å². The topological polar surface area (TPSA) is 99.8 Å². The Bertz CT molecular complexity index is 795. The van der Waals surface area contributed by atoms with Crippen molar-refractivity contribution in [1.29, 1.82) is 0 Å². The number of fused-ring (bicyclic) bond motifs is 1. The van der Waals surface area contributed by atoms with Crippen molar-refractivity contribution in [3.05, 3.63) is 22.2 Å². The Balaban J connectivity index is 1.78. The molecule has 4 atom stereocenters. The van der Waals surface area contributed by atoms with Gasteiger partial charge in [0.15, 0.2) is 6.23 Å². The van der Waals surface area contributed by atoms with Crippen LogP contribution in [0.5, 0.6) is 0 Å². The monoisotopic (exact) mass is 387 g/mol. The molecule has 4 N–H and O–H groups in total. The highest BCUT2D eigenvalue weighted by molar-refractivity contribution is 6.42. The fraction of sp³-hybridized carbons (Fsp3) is 0.562. The summed E-state index contributed by atoms with van der Waals surface area (Å²) < 4.78 is 7.35. The van der Waals surface area contributed by atoms with E-state index in [2.05, 4.69) is 10.3 Å². The van der Waals surface area contributed by atoms with Gasteiger partial charge in [0.05, 0.1) is 27.7 Å². The van der Waals surface area contributed by atoms with Crippen molar-refractivity contribution < 1.29 is 20.1 Å². The van der Waals surface area contributed by atoms with E-state index in [1.165, 1.54) is 12.8 Å². The highest BCUT2D eigenvalue weighted by Crippen LogP contribution is 2.38. The van der Waals surface area contributed by atoms with Crippen molar-refractivity contribution in [2.24, 2.45) is 5.92 Å². The van der Waals surface area contributed by atoms with Crippen LogP contribution in [0.15, 0.2) is 12.1 Å². The molecule has 25 heavy (non-hydrogen) atoms. The van der Waals surface area contributed by atoms with Crippen molar-refractivity contribution in [2.45, 2.75) is 37.4 Å². The lowest BCUT2D eigenvalue weighted by Gasteiger charge is -2.20. The third-order valence-electron chi connectivity index (χ3n) is 4.75. The fourth-order valence-corrected chi connectivity index (χ4v) is 3.44. The lowest BCUT2D eigenvalue weighted by molar-refractivity contribution is -0.0499. The van der Waals surface area contributed by atoms with Gasteiger partial charge < -0.3 is 25.4 Å². The maximum absolute atomic E-state index is 10.4. The van der Waals surface area contributed by atoms with Gasteiger partial charge in [0.1, 0.15) is 18.3 Å². The van der Waals surface area contributed by atoms with Crippen LogP contribution < -0.4 is 5.32 Å². The van der Waals surface area contributed by atoms with Crippen LogP contribution in [0.4, 0.5) is 5.95 Å². The zero-order valence-corrected chi connectivity index (χ0v) is 14.8. The number of nitrogens with zero attached hydrogens (tertiary/aromatic N) is 2. The number of aliphatic hydroxyl groups is 3. The van der Waals surface area contributed by atoms with Gasteiger partial charge in [0, 0.05) is 6.54 Å². The van der Waals surface area contributed by atoms with Crippen LogP contribution in [0, 0.1) is 5.92 Å². The Morgan fingerprint density at radius 1 is 1.20 bits per heavy atom. The smallest absolute Gasteiger partial charge is 0.206 e. The minimum atomic E-state index is -1.20. The van der Waals surface area contributed by atoms with Crippen molar-refractivity contribution in [2.75, 3.05) is 18.5 Å². The molecule has 2 aliphatic rings. The average molecular weight is 388 g/mol. The predicted molar refractivity (Wildman–Crippen MR) is 94.0 cm³/mol. The number of aromatic nitrogens is 2. The average Bonchev–Trinajstić information content (AvgIpc) is 3.30. The summed E-state index contributed by atoms with van der Waals surface area (Å²) in [6.07, 6.45) is -1.79. The lowest BCUT2D eigenvalue weighted by Crippen LogP contribution is -2.33. The number of ether oxygens (including phenoxy) is 1. The van der Waals surface area contributed by atoms with Crippen LogP contribution in [0.1, 0.15) is 19.1 Å². The molecule has 0 spiro atoms. The lowest BCUT2D eigenvalue weighted by atomic mass is 10.1. The molecule has 1 aliphatic heterocycles. The molecule has 0 unspecified atom stereocenters. The van der Waals surface area contributed by atoms with Gasteiger partial charge in [-0.05, 0) is 30.9 Å². The van der Waals surface area contributed by atoms with E-state index in [0.29, 0.717) is 32.9 Å². The maximum Gasteiger partial charge on any atom is 0.206 e. The standard InChI is InChI=1S/C16H19Cl2N3O4/c17-8-3-10-11(4-9(8)18)21(16(20-10)19-5-7-1-2-7)15-14(24)13(23)12(6-22)25-15/h3-4,7,12-15,22-24H,1-2,5-6H2,(H,19,20)/t12-,13-,14-,15-/m1/s1. The number of anilines is 1. The van der Waals surface area contributed by atoms with Crippen molar-refractivity contribution in [3.63, 3.8) is 0 Å². The van der Waals surface area contributed by atoms with Crippen LogP contribution >= 0.6 is 23.2 Å². The van der Waals surface area contributed by atoms with Gasteiger partial charge in [-0.15, -0.1) is 0 Å². The molecule has 1 saturated carbocycles. The third kappa shape index (κ3) is 3.09. The largest absolute Gasteiger partial charge is 0.394 e. The third-order valence-corrected chi connectivity index (χ3v) is 5.47. The van der Waals surface area contributed by atoms with Gasteiger partial charge in [0.25, 0.3) is 0 Å². The van der Waals surface area contributed by atoms with Crippen LogP contribution in [0.25, 0.3) is 11.0 Å². The number of rotatable bonds is 5. The Kier molecular flexibility index (Phi) is 4.56. The normalized spacial score (nSPS) is 29.5. The molecular weight excluding hydrogens is 369 g/mol. The van der Waals surface area contributed by atoms with Gasteiger partial charge in [-0.25, -0.2) is 4.98 Å². The summed E-state index contributed by atoms with van der Waals surface area (Å²) in [5, 5.41) is 33.8. The second-order valence-electron chi connectivity index (χ2n) is 6.61. The van der Waals surface area contributed by atoms with Crippen molar-refractivity contribution in [1.82, 2.24) is 9.55 Å². The second-order valence-corrected chi connectivity index (χ2v) is 7.43. The molecule has 2 heterocycles. The van der Waals surface area contributed by atoms with Gasteiger partial charge >= 0.3 is 0 Å². The summed E-state index contributed by atoms with van der Waals surface area (Å²) >= 11 is 12.2. The van der Waals surface area contributed by atoms with E-state index < -0.39 is 31.1 Å². The van der Waals surface area contributed by atoms with Crippen LogP contribution in [0.2, 0.25) is 10.0 Å². The molecule has 0 amide bonds. The quantitative estimate of drug-likeness (QED) is 0.623. The van der Waals surface area contributed by atoms with Crippen LogP contribution in [-0.2, 0) is 4.74 Å². The molecule has 9 heteroatoms. The molecule has 2 fully saturated rings. The van der Waals surface area contributed by atoms with Gasteiger partial charge in [-0.2, -0.15) is 0 Å². The Labute approximate surface area is 154 Å². The van der Waals surface area contributed by atoms with E-state index in [9.17, 15) is 15.3 Å². The minimum Gasteiger partial charge on any atom is -0.394 e. The highest BCUT2D eigenvalue weighted by atomic mass is 35.5. The Morgan fingerprint density at radius 2 is 1.92 bits per heavy atom. The highest BCUT2D eigenvalue weighted by Gasteiger charge is 2.44. The Hall–Kier alpha value is -1.09. The molecule has 2 aromatic rings. The first-order chi connectivity index (χ1) is 12.0. The summed E-state index contributed by atoms with van der Waals surface area (Å²) in [5.74, 6) is 1.13. The van der Waals surface area contributed by atoms with E-state index in [4.69, 9.17) is 27.9 Å². The molecule has 1 saturated heterocycles. The SMILES string of the molecule is OC[C@H]1O[C@@H](n2c(NCC3CC3)nc3cc(Cl)c(Cl)cc32)[C@H](O)[C@@H]1O. The number of imidazole rings is 1. The minimum absolute atomic E-state index is 0.357. The molecule has 1 aliphatic carbocycles. The molecule has 136 valence electrons. The first-order valence-corrected chi connectivity index (χ1v) is 8.98. The molecule has 7 nitrogen and oxygen atoms in total. The predicted octanol–water partition coefficient (Wildman–Crippen LogP) is 1.78. The summed E-state index contributed by atoms with van der Waals surface area (Å²) in [4.78, 5) is 4.54. The number of aliphatic hydroxyl groups excluding tert-OH is 3. The number of hydrogen-bond donors (Lipinski definition) is 4. The van der Waals surface area contributed by atoms with E-state index >= 15 is 0 Å². The van der Waals surface area contributed by atoms with E-state index in [1.54, 1.807) is 16.7 Å². The van der Waals surface area contributed by atoms with Crippen LogP contribution in [0.3, 0.4) is 0 Å². The second kappa shape index (κ2) is 6.57. The first kappa shape index (κ1) is 17.3. The van der Waals surface area contributed by atoms with E-state index in [0.717, 1.165) is 6.54 Å². The molecule has 0 radical (unpaired) electrons. The number of nitrogens with one attached hydrogen (secondary N) is 1. The van der Waals surface area contributed by atoms with Gasteiger partial charge in [-0.3, -0.25) is 4.57 Å². The number of hydrogen-bond acceptors (Lipinski definition) is 6. The van der Waals surface area contributed by atoms with Crippen molar-refractivity contribution in [3.8, 4) is 0 Å². The summed E-state index contributed by atoms with van der Waals surface area (Å²) in [6.45, 7) is 0.373. The number of halogens is 2. The first-order valence-electron chi connectivity index (χ1n) is 8.23. The zero-order chi connectivity index (χ0) is 17.7. The number of benzene rings is 1. The van der Waals surface area contributed by atoms with E-state index in [-0.39, 0.29) is 0 Å². The molecule has 4 rings (SSSR count). The fourth-order valence-electron chi connectivity index (χ4n) is 3.12. The van der Waals surface area contributed by atoms with Gasteiger partial charge in [0.2, 0.25) is 5.95 Å². The maximum atomic E-state index is 10.4. The van der Waals surface area contributed by atoms with Crippen LogP contribution in [-0.4, -0.2) is 56.3 Å². The molecular formula is C16H19Cl2N3O4. The molecule has 1 aromatic heterocycles. The van der Waals surface area contributed by atoms with E-state index in [1.807, 2.05) is 0 Å². The zero-order valence-electron chi connectivity index (χ0n) is 13.3. The molecule has 1 aromatic carbocycles. The summed E-state index contributed by atoms with van der Waals surface area (Å²) in [5.41, 5.74) is 1.23. The van der Waals surface area contributed by atoms with Crippen molar-refractivity contribution >= 4 is 40.2 Å². The summed E-state index contributed by atoms with van der Waals surface area (Å²) in [7, 11) is 0. The molecule has 0 bridgehead atoms. The summed E-state index contributed by atoms with van der Waals surface area (Å²) in [6, 6.07) is 3.31.